The van der Waals surface area contributed by atoms with Crippen LogP contribution in [-0.4, -0.2) is 30.2 Å². The maximum atomic E-state index is 12.3. The number of carbonyl (C=O) groups excluding carboxylic acids is 2. The van der Waals surface area contributed by atoms with E-state index in [1.807, 2.05) is 85.8 Å². The molecule has 0 saturated heterocycles. The number of ether oxygens (including phenoxy) is 3. The van der Waals surface area contributed by atoms with Crippen molar-refractivity contribution in [1.29, 1.82) is 0 Å². The van der Waals surface area contributed by atoms with E-state index in [0.29, 0.717) is 31.1 Å². The highest BCUT2D eigenvalue weighted by Crippen LogP contribution is 2.30. The third-order valence-corrected chi connectivity index (χ3v) is 5.22. The first-order valence-corrected chi connectivity index (χ1v) is 12.4. The van der Waals surface area contributed by atoms with Gasteiger partial charge in [-0.2, -0.15) is 0 Å². The molecule has 0 fully saturated rings. The van der Waals surface area contributed by atoms with Gasteiger partial charge in [0.25, 0.3) is 0 Å². The lowest BCUT2D eigenvalue weighted by atomic mass is 10.1. The Morgan fingerprint density at radius 1 is 0.784 bits per heavy atom. The average molecular weight is 505 g/mol. The second-order valence-corrected chi connectivity index (χ2v) is 9.86. The van der Waals surface area contributed by atoms with Crippen LogP contribution in [0.2, 0.25) is 0 Å². The van der Waals surface area contributed by atoms with Crippen LogP contribution in [0.5, 0.6) is 11.5 Å². The Kier molecular flexibility index (Phi) is 9.95. The molecule has 7 nitrogen and oxygen atoms in total. The smallest absolute Gasteiger partial charge is 0.408 e. The van der Waals surface area contributed by atoms with Gasteiger partial charge >= 0.3 is 6.09 Å². The summed E-state index contributed by atoms with van der Waals surface area (Å²) in [4.78, 5) is 24.1. The van der Waals surface area contributed by atoms with Crippen LogP contribution in [0.15, 0.2) is 78.9 Å². The van der Waals surface area contributed by atoms with Crippen LogP contribution in [0.4, 0.5) is 4.79 Å². The minimum absolute atomic E-state index is 0.156. The normalized spacial score (nSPS) is 11.8. The van der Waals surface area contributed by atoms with Crippen LogP contribution in [-0.2, 0) is 29.2 Å². The van der Waals surface area contributed by atoms with Gasteiger partial charge in [-0.05, 0) is 62.9 Å². The van der Waals surface area contributed by atoms with E-state index in [2.05, 4.69) is 10.6 Å². The second-order valence-electron chi connectivity index (χ2n) is 9.86. The van der Waals surface area contributed by atoms with Gasteiger partial charge < -0.3 is 24.8 Å². The fraction of sp³-hybridized carbons (Fsp3) is 0.333. The first-order valence-electron chi connectivity index (χ1n) is 12.4. The fourth-order valence-corrected chi connectivity index (χ4v) is 3.58. The van der Waals surface area contributed by atoms with Crippen molar-refractivity contribution in [3.8, 4) is 11.5 Å². The fourth-order valence-electron chi connectivity index (χ4n) is 3.58. The van der Waals surface area contributed by atoms with Gasteiger partial charge in [0.05, 0.1) is 0 Å². The number of carbonyl (C=O) groups is 2. The van der Waals surface area contributed by atoms with Gasteiger partial charge in [0.15, 0.2) is 11.5 Å². The summed E-state index contributed by atoms with van der Waals surface area (Å²) < 4.78 is 17.4. The molecule has 37 heavy (non-hydrogen) atoms. The van der Waals surface area contributed by atoms with Crippen LogP contribution in [0.3, 0.4) is 0 Å². The van der Waals surface area contributed by atoms with Gasteiger partial charge in [0.2, 0.25) is 5.91 Å². The minimum Gasteiger partial charge on any atom is -0.485 e. The van der Waals surface area contributed by atoms with Crippen molar-refractivity contribution >= 4 is 12.0 Å². The van der Waals surface area contributed by atoms with E-state index < -0.39 is 11.7 Å². The van der Waals surface area contributed by atoms with Crippen molar-refractivity contribution in [2.24, 2.45) is 0 Å². The predicted molar refractivity (Wildman–Crippen MR) is 144 cm³/mol. The number of rotatable bonds is 11. The van der Waals surface area contributed by atoms with E-state index in [-0.39, 0.29) is 18.5 Å². The zero-order valence-corrected chi connectivity index (χ0v) is 22.0. The van der Waals surface area contributed by atoms with Gasteiger partial charge in [-0.15, -0.1) is 0 Å². The lowest BCUT2D eigenvalue weighted by Crippen LogP contribution is -2.43. The van der Waals surface area contributed by atoms with Crippen molar-refractivity contribution < 1.29 is 23.8 Å². The highest BCUT2D eigenvalue weighted by atomic mass is 16.6. The van der Waals surface area contributed by atoms with E-state index >= 15 is 0 Å². The number of amides is 2. The molecule has 3 aromatic rings. The molecule has 3 rings (SSSR count). The summed E-state index contributed by atoms with van der Waals surface area (Å²) in [6.45, 7) is 7.90. The average Bonchev–Trinajstić information content (AvgIpc) is 2.86. The number of hydrogen-bond acceptors (Lipinski definition) is 5. The molecule has 1 unspecified atom stereocenters. The highest BCUT2D eigenvalue weighted by Gasteiger charge is 2.17. The minimum atomic E-state index is -0.624. The maximum Gasteiger partial charge on any atom is 0.408 e. The molecule has 0 spiro atoms. The third-order valence-electron chi connectivity index (χ3n) is 5.22. The van der Waals surface area contributed by atoms with Crippen molar-refractivity contribution in [3.05, 3.63) is 95.6 Å². The molecular weight excluding hydrogens is 468 g/mol. The zero-order valence-electron chi connectivity index (χ0n) is 22.0. The molecule has 0 heterocycles. The second kappa shape index (κ2) is 13.3. The van der Waals surface area contributed by atoms with Gasteiger partial charge in [-0.25, -0.2) is 4.79 Å². The molecule has 0 aliphatic carbocycles. The number of nitrogens with one attached hydrogen (secondary N) is 2. The Morgan fingerprint density at radius 2 is 1.35 bits per heavy atom. The molecule has 0 aliphatic heterocycles. The van der Waals surface area contributed by atoms with Crippen molar-refractivity contribution in [1.82, 2.24) is 10.6 Å². The summed E-state index contributed by atoms with van der Waals surface area (Å²) in [6, 6.07) is 25.6. The summed E-state index contributed by atoms with van der Waals surface area (Å²) in [6.07, 6.45) is -0.0413. The number of benzene rings is 3. The Morgan fingerprint density at radius 3 is 1.92 bits per heavy atom. The molecule has 2 N–H and O–H groups in total. The van der Waals surface area contributed by atoms with Crippen LogP contribution < -0.4 is 20.1 Å². The van der Waals surface area contributed by atoms with Crippen molar-refractivity contribution in [3.63, 3.8) is 0 Å². The summed E-state index contributed by atoms with van der Waals surface area (Å²) in [5, 5.41) is 5.38. The number of hydrogen-bond donors (Lipinski definition) is 2. The molecule has 196 valence electrons. The standard InChI is InChI=1S/C30H36N2O5/c1-22(32-28(33)19-31-29(34)37-30(2,3)4)17-25-15-16-26(35-20-23-11-7-5-8-12-23)27(18-25)36-21-24-13-9-6-10-14-24/h5-16,18,22H,17,19-21H2,1-4H3,(H,31,34)(H,32,33). The molecule has 0 radical (unpaired) electrons. The Bertz CT molecular complexity index is 1140. The van der Waals surface area contributed by atoms with E-state index in [9.17, 15) is 9.59 Å². The molecule has 0 bridgehead atoms. The van der Waals surface area contributed by atoms with Crippen LogP contribution in [0.25, 0.3) is 0 Å². The highest BCUT2D eigenvalue weighted by molar-refractivity contribution is 5.82. The molecular formula is C30H36N2O5. The van der Waals surface area contributed by atoms with E-state index in [0.717, 1.165) is 16.7 Å². The van der Waals surface area contributed by atoms with Gasteiger partial charge in [0, 0.05) is 6.04 Å². The summed E-state index contributed by atoms with van der Waals surface area (Å²) in [5.41, 5.74) is 2.49. The number of alkyl carbamates (subject to hydrolysis) is 1. The van der Waals surface area contributed by atoms with Crippen LogP contribution in [0.1, 0.15) is 44.4 Å². The summed E-state index contributed by atoms with van der Waals surface area (Å²) in [5.74, 6) is 1.01. The van der Waals surface area contributed by atoms with Crippen LogP contribution >= 0.6 is 0 Å². The lowest BCUT2D eigenvalue weighted by Gasteiger charge is -2.20. The van der Waals surface area contributed by atoms with E-state index in [1.165, 1.54) is 0 Å². The monoisotopic (exact) mass is 504 g/mol. The topological polar surface area (TPSA) is 85.9 Å². The van der Waals surface area contributed by atoms with Gasteiger partial charge in [-0.1, -0.05) is 66.7 Å². The van der Waals surface area contributed by atoms with Crippen molar-refractivity contribution in [2.45, 2.75) is 59.0 Å². The van der Waals surface area contributed by atoms with Crippen LogP contribution in [0, 0.1) is 0 Å². The molecule has 0 aromatic heterocycles. The molecule has 0 aliphatic rings. The van der Waals surface area contributed by atoms with Crippen molar-refractivity contribution in [2.75, 3.05) is 6.54 Å². The third kappa shape index (κ3) is 10.3. The van der Waals surface area contributed by atoms with Gasteiger partial charge in [0.1, 0.15) is 25.4 Å². The predicted octanol–water partition coefficient (Wildman–Crippen LogP) is 5.42. The quantitative estimate of drug-likeness (QED) is 0.364. The Hall–Kier alpha value is -4.00. The molecule has 7 heteroatoms. The zero-order chi connectivity index (χ0) is 26.7. The first kappa shape index (κ1) is 27.6. The Balaban J connectivity index is 1.60. The molecule has 2 amide bonds. The van der Waals surface area contributed by atoms with Gasteiger partial charge in [-0.3, -0.25) is 4.79 Å². The lowest BCUT2D eigenvalue weighted by molar-refractivity contribution is -0.120. The van der Waals surface area contributed by atoms with E-state index in [4.69, 9.17) is 14.2 Å². The first-order chi connectivity index (χ1) is 17.7. The largest absolute Gasteiger partial charge is 0.485 e. The summed E-state index contributed by atoms with van der Waals surface area (Å²) >= 11 is 0. The maximum absolute atomic E-state index is 12.3. The Labute approximate surface area is 219 Å². The summed E-state index contributed by atoms with van der Waals surface area (Å²) in [7, 11) is 0. The molecule has 0 saturated carbocycles. The molecule has 1 atom stereocenters. The van der Waals surface area contributed by atoms with E-state index in [1.54, 1.807) is 20.8 Å². The molecule has 3 aromatic carbocycles. The SMILES string of the molecule is CC(Cc1ccc(OCc2ccccc2)c(OCc2ccccc2)c1)NC(=O)CNC(=O)OC(C)(C)C.